The number of halogens is 2. The van der Waals surface area contributed by atoms with E-state index in [2.05, 4.69) is 5.32 Å². The highest BCUT2D eigenvalue weighted by atomic mass is 19.3. The summed E-state index contributed by atoms with van der Waals surface area (Å²) in [6, 6.07) is 0. The van der Waals surface area contributed by atoms with Crippen molar-refractivity contribution in [2.75, 3.05) is 13.2 Å². The number of hydrogen-bond donors (Lipinski definition) is 2. The third kappa shape index (κ3) is 6.19. The van der Waals surface area contributed by atoms with E-state index in [-0.39, 0.29) is 5.54 Å². The SMILES string of the molecule is CC(C)(C)NCC(F)(F)CO. The normalized spacial score (nSPS) is 13.6. The van der Waals surface area contributed by atoms with Crippen LogP contribution < -0.4 is 5.32 Å². The van der Waals surface area contributed by atoms with Gasteiger partial charge in [-0.2, -0.15) is 0 Å². The van der Waals surface area contributed by atoms with E-state index in [0.29, 0.717) is 0 Å². The van der Waals surface area contributed by atoms with E-state index in [1.165, 1.54) is 0 Å². The molecule has 0 heterocycles. The molecule has 0 spiro atoms. The van der Waals surface area contributed by atoms with Gasteiger partial charge in [-0.3, -0.25) is 0 Å². The summed E-state index contributed by atoms with van der Waals surface area (Å²) >= 11 is 0. The molecule has 0 saturated carbocycles. The molecule has 0 unspecified atom stereocenters. The van der Waals surface area contributed by atoms with Gasteiger partial charge in [0.15, 0.2) is 0 Å². The highest BCUT2D eigenvalue weighted by Crippen LogP contribution is 2.11. The fourth-order valence-corrected chi connectivity index (χ4v) is 0.450. The first-order valence-corrected chi connectivity index (χ1v) is 3.50. The Labute approximate surface area is 65.6 Å². The van der Waals surface area contributed by atoms with Crippen molar-refractivity contribution in [1.82, 2.24) is 5.32 Å². The summed E-state index contributed by atoms with van der Waals surface area (Å²) < 4.78 is 24.7. The Hall–Kier alpha value is -0.220. The molecule has 0 aliphatic heterocycles. The summed E-state index contributed by atoms with van der Waals surface area (Å²) in [6.07, 6.45) is 0. The van der Waals surface area contributed by atoms with Crippen molar-refractivity contribution in [3.05, 3.63) is 0 Å². The van der Waals surface area contributed by atoms with Gasteiger partial charge >= 0.3 is 0 Å². The Bertz CT molecular complexity index is 120. The zero-order valence-electron chi connectivity index (χ0n) is 7.12. The van der Waals surface area contributed by atoms with E-state index in [1.54, 1.807) is 20.8 Å². The molecule has 11 heavy (non-hydrogen) atoms. The fraction of sp³-hybridized carbons (Fsp3) is 1.00. The van der Waals surface area contributed by atoms with Gasteiger partial charge in [0.1, 0.15) is 6.61 Å². The summed E-state index contributed by atoms with van der Waals surface area (Å²) in [5, 5.41) is 10.8. The summed E-state index contributed by atoms with van der Waals surface area (Å²) in [5.74, 6) is -3.01. The Morgan fingerprint density at radius 1 is 1.27 bits per heavy atom. The zero-order valence-corrected chi connectivity index (χ0v) is 7.12. The lowest BCUT2D eigenvalue weighted by molar-refractivity contribution is -0.0512. The van der Waals surface area contributed by atoms with Crippen LogP contribution in [0.3, 0.4) is 0 Å². The third-order valence-electron chi connectivity index (χ3n) is 1.11. The second-order valence-electron chi connectivity index (χ2n) is 3.62. The molecule has 4 heteroatoms. The second kappa shape index (κ2) is 3.45. The molecular weight excluding hydrogens is 152 g/mol. The molecule has 68 valence electrons. The minimum atomic E-state index is -3.01. The molecule has 0 aromatic heterocycles. The molecule has 0 aromatic rings. The number of alkyl halides is 2. The van der Waals surface area contributed by atoms with E-state index in [1.807, 2.05) is 0 Å². The van der Waals surface area contributed by atoms with Crippen molar-refractivity contribution in [3.8, 4) is 0 Å². The van der Waals surface area contributed by atoms with E-state index in [9.17, 15) is 8.78 Å². The largest absolute Gasteiger partial charge is 0.390 e. The Morgan fingerprint density at radius 2 is 1.73 bits per heavy atom. The molecule has 0 aromatic carbocycles. The zero-order chi connectivity index (χ0) is 9.12. The molecule has 2 N–H and O–H groups in total. The van der Waals surface area contributed by atoms with Crippen molar-refractivity contribution in [2.45, 2.75) is 32.2 Å². The van der Waals surface area contributed by atoms with Crippen LogP contribution in [-0.2, 0) is 0 Å². The lowest BCUT2D eigenvalue weighted by atomic mass is 10.1. The van der Waals surface area contributed by atoms with Gasteiger partial charge in [0.25, 0.3) is 5.92 Å². The van der Waals surface area contributed by atoms with Crippen molar-refractivity contribution in [3.63, 3.8) is 0 Å². The first kappa shape index (κ1) is 10.8. The van der Waals surface area contributed by atoms with Crippen molar-refractivity contribution in [1.29, 1.82) is 0 Å². The summed E-state index contributed by atoms with van der Waals surface area (Å²) in [5.41, 5.74) is -0.335. The van der Waals surface area contributed by atoms with Crippen LogP contribution in [0.25, 0.3) is 0 Å². The molecule has 0 fully saturated rings. The maximum Gasteiger partial charge on any atom is 0.282 e. The Kier molecular flexibility index (Phi) is 3.38. The lowest BCUT2D eigenvalue weighted by Gasteiger charge is -2.23. The molecule has 0 bridgehead atoms. The highest BCUT2D eigenvalue weighted by Gasteiger charge is 2.28. The van der Waals surface area contributed by atoms with E-state index in [0.717, 1.165) is 0 Å². The molecule has 2 nitrogen and oxygen atoms in total. The number of rotatable bonds is 3. The molecule has 0 saturated heterocycles. The van der Waals surface area contributed by atoms with Crippen molar-refractivity contribution < 1.29 is 13.9 Å². The van der Waals surface area contributed by atoms with Gasteiger partial charge in [0.05, 0.1) is 6.54 Å². The maximum atomic E-state index is 12.4. The molecule has 0 aliphatic rings. The van der Waals surface area contributed by atoms with Gasteiger partial charge in [-0.05, 0) is 20.8 Å². The second-order valence-corrected chi connectivity index (χ2v) is 3.62. The summed E-state index contributed by atoms with van der Waals surface area (Å²) in [4.78, 5) is 0. The van der Waals surface area contributed by atoms with Gasteiger partial charge in [0.2, 0.25) is 0 Å². The van der Waals surface area contributed by atoms with E-state index < -0.39 is 19.1 Å². The Balaban J connectivity index is 3.70. The first-order valence-electron chi connectivity index (χ1n) is 3.50. The summed E-state index contributed by atoms with van der Waals surface area (Å²) in [6.45, 7) is 3.80. The topological polar surface area (TPSA) is 32.3 Å². The molecule has 0 amide bonds. The van der Waals surface area contributed by atoms with E-state index in [4.69, 9.17) is 5.11 Å². The van der Waals surface area contributed by atoms with Crippen LogP contribution in [0.5, 0.6) is 0 Å². The molecule has 0 rings (SSSR count). The standard InChI is InChI=1S/C7H15F2NO/c1-6(2,3)10-4-7(8,9)5-11/h10-11H,4-5H2,1-3H3. The number of hydrogen-bond acceptors (Lipinski definition) is 2. The van der Waals surface area contributed by atoms with Gasteiger partial charge in [-0.25, -0.2) is 8.78 Å². The lowest BCUT2D eigenvalue weighted by Crippen LogP contribution is -2.45. The van der Waals surface area contributed by atoms with Crippen LogP contribution >= 0.6 is 0 Å². The van der Waals surface area contributed by atoms with Crippen LogP contribution in [0, 0.1) is 0 Å². The van der Waals surface area contributed by atoms with E-state index >= 15 is 0 Å². The first-order chi connectivity index (χ1) is 4.77. The molecule has 0 atom stereocenters. The smallest absolute Gasteiger partial charge is 0.282 e. The monoisotopic (exact) mass is 167 g/mol. The minimum absolute atomic E-state index is 0.335. The van der Waals surface area contributed by atoms with Crippen molar-refractivity contribution >= 4 is 0 Å². The predicted molar refractivity (Wildman–Crippen MR) is 39.8 cm³/mol. The summed E-state index contributed by atoms with van der Waals surface area (Å²) in [7, 11) is 0. The van der Waals surface area contributed by atoms with Gasteiger partial charge < -0.3 is 10.4 Å². The van der Waals surface area contributed by atoms with Crippen LogP contribution in [0.2, 0.25) is 0 Å². The highest BCUT2D eigenvalue weighted by molar-refractivity contribution is 4.76. The fourth-order valence-electron chi connectivity index (χ4n) is 0.450. The number of nitrogens with one attached hydrogen (secondary N) is 1. The average molecular weight is 167 g/mol. The van der Waals surface area contributed by atoms with Crippen LogP contribution in [-0.4, -0.2) is 29.7 Å². The minimum Gasteiger partial charge on any atom is -0.390 e. The van der Waals surface area contributed by atoms with Gasteiger partial charge in [-0.1, -0.05) is 0 Å². The van der Waals surface area contributed by atoms with Gasteiger partial charge in [0, 0.05) is 5.54 Å². The van der Waals surface area contributed by atoms with Crippen molar-refractivity contribution in [2.24, 2.45) is 0 Å². The van der Waals surface area contributed by atoms with Gasteiger partial charge in [-0.15, -0.1) is 0 Å². The molecule has 0 aliphatic carbocycles. The molecule has 0 radical (unpaired) electrons. The molecular formula is C7H15F2NO. The Morgan fingerprint density at radius 3 is 2.00 bits per heavy atom. The number of aliphatic hydroxyl groups excluding tert-OH is 1. The third-order valence-corrected chi connectivity index (χ3v) is 1.11. The maximum absolute atomic E-state index is 12.4. The average Bonchev–Trinajstić information content (AvgIpc) is 1.83. The van der Waals surface area contributed by atoms with Crippen LogP contribution in [0.1, 0.15) is 20.8 Å². The van der Waals surface area contributed by atoms with Crippen LogP contribution in [0.15, 0.2) is 0 Å². The number of aliphatic hydroxyl groups is 1. The predicted octanol–water partition coefficient (Wildman–Crippen LogP) is 1.00. The van der Waals surface area contributed by atoms with Crippen LogP contribution in [0.4, 0.5) is 8.78 Å². The quantitative estimate of drug-likeness (QED) is 0.657.